The summed E-state index contributed by atoms with van der Waals surface area (Å²) in [7, 11) is 1.74. The predicted octanol–water partition coefficient (Wildman–Crippen LogP) is 4.66. The third-order valence-corrected chi connectivity index (χ3v) is 5.26. The topological polar surface area (TPSA) is 41.6 Å². The van der Waals surface area contributed by atoms with Gasteiger partial charge in [-0.1, -0.05) is 32.3 Å². The monoisotopic (exact) mass is 382 g/mol. The van der Waals surface area contributed by atoms with E-state index in [0.717, 1.165) is 23.9 Å². The van der Waals surface area contributed by atoms with Crippen LogP contribution in [0.4, 0.5) is 9.18 Å². The van der Waals surface area contributed by atoms with E-state index in [-0.39, 0.29) is 11.5 Å². The summed E-state index contributed by atoms with van der Waals surface area (Å²) in [4.78, 5) is 14.2. The maximum atomic E-state index is 14.2. The first-order valence-corrected chi connectivity index (χ1v) is 9.79. The number of hydrogen-bond donors (Lipinski definition) is 1. The van der Waals surface area contributed by atoms with E-state index in [9.17, 15) is 9.18 Å². The molecular weight excluding hydrogens is 355 g/mol. The number of fused-ring (bicyclic) bond motifs is 1. The smallest absolute Gasteiger partial charge is 0.410 e. The standard InChI is InChI=1S/C23H27FN2O2/c1-5-19-21(24)10-9-16-12-18(13-20(15(2)3)22(16)19)28-23(27)26(4)14-17-8-6-7-11-25-17/h1,9-10,12-13,15,17,25H,6-8,11,14H2,2-4H3. The number of likely N-dealkylation sites (N-methyl/N-ethyl adjacent to an activating group) is 1. The molecule has 1 unspecified atom stereocenters. The molecule has 2 aromatic rings. The molecule has 148 valence electrons. The van der Waals surface area contributed by atoms with Crippen molar-refractivity contribution in [1.29, 1.82) is 0 Å². The molecule has 1 saturated heterocycles. The summed E-state index contributed by atoms with van der Waals surface area (Å²) in [6, 6.07) is 6.86. The molecule has 28 heavy (non-hydrogen) atoms. The van der Waals surface area contributed by atoms with E-state index in [1.807, 2.05) is 13.8 Å². The molecule has 1 aliphatic rings. The molecule has 3 rings (SSSR count). The molecule has 4 nitrogen and oxygen atoms in total. The van der Waals surface area contributed by atoms with Crippen LogP contribution in [0.25, 0.3) is 10.8 Å². The Balaban J connectivity index is 1.86. The van der Waals surface area contributed by atoms with Gasteiger partial charge in [-0.05, 0) is 54.5 Å². The van der Waals surface area contributed by atoms with Gasteiger partial charge in [-0.3, -0.25) is 0 Å². The zero-order chi connectivity index (χ0) is 20.3. The molecule has 0 aliphatic carbocycles. The van der Waals surface area contributed by atoms with E-state index < -0.39 is 11.9 Å². The Kier molecular flexibility index (Phi) is 6.21. The van der Waals surface area contributed by atoms with Gasteiger partial charge in [0.15, 0.2) is 0 Å². The average Bonchev–Trinajstić information content (AvgIpc) is 2.68. The number of carbonyl (C=O) groups is 1. The Morgan fingerprint density at radius 1 is 1.39 bits per heavy atom. The summed E-state index contributed by atoms with van der Waals surface area (Å²) >= 11 is 0. The number of piperidine rings is 1. The number of amides is 1. The molecule has 0 radical (unpaired) electrons. The molecule has 1 fully saturated rings. The van der Waals surface area contributed by atoms with Gasteiger partial charge in [0.05, 0.1) is 5.56 Å². The number of benzene rings is 2. The van der Waals surface area contributed by atoms with Crippen molar-refractivity contribution >= 4 is 16.9 Å². The molecule has 0 saturated carbocycles. The second-order valence-electron chi connectivity index (χ2n) is 7.73. The van der Waals surface area contributed by atoms with Crippen molar-refractivity contribution in [2.24, 2.45) is 0 Å². The third kappa shape index (κ3) is 4.28. The van der Waals surface area contributed by atoms with Gasteiger partial charge >= 0.3 is 6.09 Å². The number of halogens is 1. The van der Waals surface area contributed by atoms with Crippen molar-refractivity contribution in [3.8, 4) is 18.1 Å². The third-order valence-electron chi connectivity index (χ3n) is 5.26. The van der Waals surface area contributed by atoms with Gasteiger partial charge in [0.2, 0.25) is 0 Å². The Morgan fingerprint density at radius 2 is 2.18 bits per heavy atom. The fourth-order valence-electron chi connectivity index (χ4n) is 3.76. The van der Waals surface area contributed by atoms with E-state index in [1.54, 1.807) is 30.1 Å². The molecule has 1 heterocycles. The van der Waals surface area contributed by atoms with E-state index in [2.05, 4.69) is 11.2 Å². The summed E-state index contributed by atoms with van der Waals surface area (Å²) in [5, 5.41) is 4.90. The Hall–Kier alpha value is -2.58. The lowest BCUT2D eigenvalue weighted by atomic mass is 9.92. The highest BCUT2D eigenvalue weighted by atomic mass is 19.1. The van der Waals surface area contributed by atoms with Gasteiger partial charge in [0, 0.05) is 25.0 Å². The minimum absolute atomic E-state index is 0.0965. The molecule has 0 spiro atoms. The first-order chi connectivity index (χ1) is 13.4. The zero-order valence-electron chi connectivity index (χ0n) is 16.7. The summed E-state index contributed by atoms with van der Waals surface area (Å²) in [6.07, 6.45) is 8.56. The van der Waals surface area contributed by atoms with Crippen LogP contribution in [0.5, 0.6) is 5.75 Å². The number of terminal acetylenes is 1. The van der Waals surface area contributed by atoms with Gasteiger partial charge in [-0.2, -0.15) is 0 Å². The van der Waals surface area contributed by atoms with Crippen molar-refractivity contribution in [2.45, 2.75) is 45.1 Å². The van der Waals surface area contributed by atoms with Crippen molar-refractivity contribution in [3.63, 3.8) is 0 Å². The Bertz CT molecular complexity index is 911. The quantitative estimate of drug-likeness (QED) is 0.782. The van der Waals surface area contributed by atoms with Crippen molar-refractivity contribution in [1.82, 2.24) is 10.2 Å². The van der Waals surface area contributed by atoms with E-state index in [0.29, 0.717) is 23.7 Å². The number of nitrogens with zero attached hydrogens (tertiary/aromatic N) is 1. The largest absolute Gasteiger partial charge is 0.415 e. The number of carbonyl (C=O) groups excluding carboxylic acids is 1. The van der Waals surface area contributed by atoms with Gasteiger partial charge < -0.3 is 15.0 Å². The predicted molar refractivity (Wildman–Crippen MR) is 110 cm³/mol. The van der Waals surface area contributed by atoms with Crippen LogP contribution in [0.1, 0.15) is 50.2 Å². The van der Waals surface area contributed by atoms with Gasteiger partial charge in [0.1, 0.15) is 11.6 Å². The number of nitrogens with one attached hydrogen (secondary N) is 1. The van der Waals surface area contributed by atoms with Crippen molar-refractivity contribution in [2.75, 3.05) is 20.1 Å². The first kappa shape index (κ1) is 20.2. The van der Waals surface area contributed by atoms with Crippen LogP contribution in [-0.4, -0.2) is 37.2 Å². The lowest BCUT2D eigenvalue weighted by molar-refractivity contribution is 0.155. The summed E-state index contributed by atoms with van der Waals surface area (Å²) in [6.45, 7) is 5.61. The zero-order valence-corrected chi connectivity index (χ0v) is 16.7. The molecule has 5 heteroatoms. The molecular formula is C23H27FN2O2. The van der Waals surface area contributed by atoms with Crippen LogP contribution in [0.3, 0.4) is 0 Å². The molecule has 0 aromatic heterocycles. The van der Waals surface area contributed by atoms with E-state index in [1.165, 1.54) is 18.9 Å². The number of rotatable bonds is 4. The Labute approximate surface area is 166 Å². The summed E-state index contributed by atoms with van der Waals surface area (Å²) in [5.41, 5.74) is 1.11. The summed E-state index contributed by atoms with van der Waals surface area (Å²) < 4.78 is 19.8. The van der Waals surface area contributed by atoms with Crippen LogP contribution >= 0.6 is 0 Å². The number of ether oxygens (including phenoxy) is 1. The maximum Gasteiger partial charge on any atom is 0.415 e. The molecule has 1 atom stereocenters. The maximum absolute atomic E-state index is 14.2. The second-order valence-corrected chi connectivity index (χ2v) is 7.73. The van der Waals surface area contributed by atoms with Gasteiger partial charge in [-0.25, -0.2) is 9.18 Å². The minimum Gasteiger partial charge on any atom is -0.410 e. The highest BCUT2D eigenvalue weighted by Gasteiger charge is 2.20. The molecule has 1 aliphatic heterocycles. The molecule has 0 bridgehead atoms. The van der Waals surface area contributed by atoms with Crippen LogP contribution < -0.4 is 10.1 Å². The Morgan fingerprint density at radius 3 is 2.82 bits per heavy atom. The van der Waals surface area contributed by atoms with Crippen LogP contribution in [-0.2, 0) is 0 Å². The normalized spacial score (nSPS) is 16.8. The molecule has 1 amide bonds. The number of hydrogen-bond acceptors (Lipinski definition) is 3. The second kappa shape index (κ2) is 8.62. The minimum atomic E-state index is -0.415. The first-order valence-electron chi connectivity index (χ1n) is 9.79. The van der Waals surface area contributed by atoms with Crippen LogP contribution in [0, 0.1) is 18.2 Å². The molecule has 1 N–H and O–H groups in total. The van der Waals surface area contributed by atoms with Crippen molar-refractivity contribution in [3.05, 3.63) is 41.2 Å². The lowest BCUT2D eigenvalue weighted by Crippen LogP contribution is -2.45. The van der Waals surface area contributed by atoms with Gasteiger partial charge in [0.25, 0.3) is 0 Å². The van der Waals surface area contributed by atoms with E-state index in [4.69, 9.17) is 11.2 Å². The highest BCUT2D eigenvalue weighted by Crippen LogP contribution is 2.34. The highest BCUT2D eigenvalue weighted by molar-refractivity contribution is 5.93. The lowest BCUT2D eigenvalue weighted by Gasteiger charge is -2.27. The SMILES string of the molecule is C#Cc1c(F)ccc2cc(OC(=O)N(C)CC3CCCCN3)cc(C(C)C)c12. The van der Waals surface area contributed by atoms with Crippen molar-refractivity contribution < 1.29 is 13.9 Å². The van der Waals surface area contributed by atoms with E-state index >= 15 is 0 Å². The molecule has 2 aromatic carbocycles. The van der Waals surface area contributed by atoms with Gasteiger partial charge in [-0.15, -0.1) is 6.42 Å². The van der Waals surface area contributed by atoms with Crippen LogP contribution in [0.15, 0.2) is 24.3 Å². The summed E-state index contributed by atoms with van der Waals surface area (Å²) in [5.74, 6) is 2.58. The van der Waals surface area contributed by atoms with Crippen LogP contribution in [0.2, 0.25) is 0 Å². The fourth-order valence-corrected chi connectivity index (χ4v) is 3.76. The fraction of sp³-hybridized carbons (Fsp3) is 0.435. The average molecular weight is 382 g/mol.